The molecular weight excluding hydrogens is 184 g/mol. The van der Waals surface area contributed by atoms with E-state index in [4.69, 9.17) is 16.9 Å². The lowest BCUT2D eigenvalue weighted by Gasteiger charge is -2.00. The summed E-state index contributed by atoms with van der Waals surface area (Å²) >= 11 is 5.98. The number of halogens is 1. The van der Waals surface area contributed by atoms with Crippen LogP contribution in [0.4, 0.5) is 0 Å². The smallest absolute Gasteiger partial charge is 0.0995 e. The van der Waals surface area contributed by atoms with Crippen molar-refractivity contribution in [2.45, 2.75) is 6.92 Å². The number of nitrogens with zero attached hydrogens (tertiary/aromatic N) is 1. The number of fused-ring (bicyclic) bond motifs is 1. The third-order valence-electron chi connectivity index (χ3n) is 2.17. The van der Waals surface area contributed by atoms with Crippen molar-refractivity contribution in [3.05, 3.63) is 34.5 Å². The largest absolute Gasteiger partial charge is 0.361 e. The van der Waals surface area contributed by atoms with Crippen molar-refractivity contribution in [2.24, 2.45) is 0 Å². The van der Waals surface area contributed by atoms with Gasteiger partial charge in [-0.15, -0.1) is 0 Å². The quantitative estimate of drug-likeness (QED) is 0.682. The second-order valence-corrected chi connectivity index (χ2v) is 3.32. The molecule has 0 unspecified atom stereocenters. The molecule has 0 aliphatic carbocycles. The molecule has 1 aromatic heterocycles. The molecule has 2 nitrogen and oxygen atoms in total. The molecule has 0 saturated carbocycles. The first-order chi connectivity index (χ1) is 6.24. The SMILES string of the molecule is Cc1c(C#N)cc(Cl)c2cc[nH]c12. The van der Waals surface area contributed by atoms with Crippen LogP contribution in [0.25, 0.3) is 10.9 Å². The van der Waals surface area contributed by atoms with E-state index in [9.17, 15) is 0 Å². The molecule has 64 valence electrons. The monoisotopic (exact) mass is 190 g/mol. The number of H-pyrrole nitrogens is 1. The van der Waals surface area contributed by atoms with Gasteiger partial charge in [-0.05, 0) is 24.6 Å². The Morgan fingerprint density at radius 1 is 1.54 bits per heavy atom. The van der Waals surface area contributed by atoms with Crippen LogP contribution in [0.15, 0.2) is 18.3 Å². The summed E-state index contributed by atoms with van der Waals surface area (Å²) in [6, 6.07) is 5.72. The Hall–Kier alpha value is -1.46. The number of aromatic nitrogens is 1. The average molecular weight is 191 g/mol. The summed E-state index contributed by atoms with van der Waals surface area (Å²) in [6.45, 7) is 1.91. The number of benzene rings is 1. The Balaban J connectivity index is 2.95. The van der Waals surface area contributed by atoms with Crippen molar-refractivity contribution in [3.8, 4) is 6.07 Å². The zero-order valence-corrected chi connectivity index (χ0v) is 7.81. The van der Waals surface area contributed by atoms with Gasteiger partial charge in [-0.1, -0.05) is 11.6 Å². The van der Waals surface area contributed by atoms with E-state index in [-0.39, 0.29) is 0 Å². The average Bonchev–Trinajstić information content (AvgIpc) is 2.60. The molecule has 1 aromatic carbocycles. The van der Waals surface area contributed by atoms with E-state index in [0.29, 0.717) is 10.6 Å². The van der Waals surface area contributed by atoms with E-state index in [1.54, 1.807) is 6.07 Å². The van der Waals surface area contributed by atoms with E-state index in [1.165, 1.54) is 0 Å². The molecule has 0 bridgehead atoms. The van der Waals surface area contributed by atoms with Crippen molar-refractivity contribution in [1.82, 2.24) is 4.98 Å². The highest BCUT2D eigenvalue weighted by atomic mass is 35.5. The van der Waals surface area contributed by atoms with E-state index in [0.717, 1.165) is 16.5 Å². The third kappa shape index (κ3) is 1.09. The molecule has 0 radical (unpaired) electrons. The number of nitriles is 1. The molecule has 0 atom stereocenters. The molecule has 2 rings (SSSR count). The standard InChI is InChI=1S/C10H7ClN2/c1-6-7(5-12)4-9(11)8-2-3-13-10(6)8/h2-4,13H,1H3. The maximum atomic E-state index is 8.82. The van der Waals surface area contributed by atoms with Gasteiger partial charge in [0, 0.05) is 11.6 Å². The van der Waals surface area contributed by atoms with E-state index in [2.05, 4.69) is 11.1 Å². The van der Waals surface area contributed by atoms with Crippen LogP contribution >= 0.6 is 11.6 Å². The fourth-order valence-corrected chi connectivity index (χ4v) is 1.71. The number of rotatable bonds is 0. The van der Waals surface area contributed by atoms with Gasteiger partial charge in [-0.25, -0.2) is 0 Å². The summed E-state index contributed by atoms with van der Waals surface area (Å²) in [5.41, 5.74) is 2.52. The molecule has 0 saturated heterocycles. The first kappa shape index (κ1) is 8.15. The zero-order valence-electron chi connectivity index (χ0n) is 7.06. The Bertz CT molecular complexity index is 505. The minimum atomic E-state index is 0.624. The lowest BCUT2D eigenvalue weighted by atomic mass is 10.1. The van der Waals surface area contributed by atoms with Crippen LogP contribution < -0.4 is 0 Å². The van der Waals surface area contributed by atoms with Crippen LogP contribution in [0.2, 0.25) is 5.02 Å². The number of aryl methyl sites for hydroxylation is 1. The minimum absolute atomic E-state index is 0.624. The normalized spacial score (nSPS) is 10.2. The summed E-state index contributed by atoms with van der Waals surface area (Å²) in [6.07, 6.45) is 1.82. The summed E-state index contributed by atoms with van der Waals surface area (Å²) in [7, 11) is 0. The molecule has 0 spiro atoms. The lowest BCUT2D eigenvalue weighted by molar-refractivity contribution is 1.38. The highest BCUT2D eigenvalue weighted by Gasteiger charge is 2.07. The van der Waals surface area contributed by atoms with Crippen LogP contribution in [0, 0.1) is 18.3 Å². The van der Waals surface area contributed by atoms with Gasteiger partial charge in [0.2, 0.25) is 0 Å². The molecule has 13 heavy (non-hydrogen) atoms. The van der Waals surface area contributed by atoms with Gasteiger partial charge in [0.25, 0.3) is 0 Å². The maximum absolute atomic E-state index is 8.82. The zero-order chi connectivity index (χ0) is 9.42. The number of aromatic amines is 1. The summed E-state index contributed by atoms with van der Waals surface area (Å²) < 4.78 is 0. The molecule has 1 heterocycles. The molecule has 1 N–H and O–H groups in total. The van der Waals surface area contributed by atoms with Crippen molar-refractivity contribution in [2.75, 3.05) is 0 Å². The Labute approximate surface area is 80.7 Å². The highest BCUT2D eigenvalue weighted by molar-refractivity contribution is 6.35. The Morgan fingerprint density at radius 3 is 3.00 bits per heavy atom. The van der Waals surface area contributed by atoms with Gasteiger partial charge in [-0.3, -0.25) is 0 Å². The predicted molar refractivity (Wildman–Crippen MR) is 52.8 cm³/mol. The maximum Gasteiger partial charge on any atom is 0.0995 e. The van der Waals surface area contributed by atoms with Crippen LogP contribution in [-0.4, -0.2) is 4.98 Å². The van der Waals surface area contributed by atoms with Gasteiger partial charge in [0.1, 0.15) is 0 Å². The molecule has 2 aromatic rings. The molecule has 0 aliphatic rings. The number of hydrogen-bond acceptors (Lipinski definition) is 1. The summed E-state index contributed by atoms with van der Waals surface area (Å²) in [5.74, 6) is 0. The molecule has 0 aliphatic heterocycles. The first-order valence-electron chi connectivity index (χ1n) is 3.90. The van der Waals surface area contributed by atoms with Gasteiger partial charge in [0.05, 0.1) is 22.2 Å². The number of nitrogens with one attached hydrogen (secondary N) is 1. The van der Waals surface area contributed by atoms with Crippen molar-refractivity contribution >= 4 is 22.5 Å². The summed E-state index contributed by atoms with van der Waals surface area (Å²) in [5, 5.41) is 10.4. The Kier molecular flexibility index (Phi) is 1.75. The van der Waals surface area contributed by atoms with Gasteiger partial charge in [-0.2, -0.15) is 5.26 Å². The van der Waals surface area contributed by atoms with E-state index >= 15 is 0 Å². The van der Waals surface area contributed by atoms with Gasteiger partial charge in [0.15, 0.2) is 0 Å². The van der Waals surface area contributed by atoms with Crippen LogP contribution in [0.1, 0.15) is 11.1 Å². The second-order valence-electron chi connectivity index (χ2n) is 2.91. The highest BCUT2D eigenvalue weighted by Crippen LogP contribution is 2.27. The van der Waals surface area contributed by atoms with Crippen LogP contribution in [-0.2, 0) is 0 Å². The minimum Gasteiger partial charge on any atom is -0.361 e. The fraction of sp³-hybridized carbons (Fsp3) is 0.100. The summed E-state index contributed by atoms with van der Waals surface area (Å²) in [4.78, 5) is 3.07. The van der Waals surface area contributed by atoms with Crippen LogP contribution in [0.3, 0.4) is 0 Å². The van der Waals surface area contributed by atoms with E-state index < -0.39 is 0 Å². The lowest BCUT2D eigenvalue weighted by Crippen LogP contribution is -1.84. The predicted octanol–water partition coefficient (Wildman–Crippen LogP) is 3.00. The van der Waals surface area contributed by atoms with Crippen molar-refractivity contribution in [1.29, 1.82) is 5.26 Å². The third-order valence-corrected chi connectivity index (χ3v) is 2.49. The van der Waals surface area contributed by atoms with Crippen molar-refractivity contribution < 1.29 is 0 Å². The fourth-order valence-electron chi connectivity index (χ4n) is 1.44. The molecule has 0 fully saturated rings. The number of hydrogen-bond donors (Lipinski definition) is 1. The second kappa shape index (κ2) is 2.79. The van der Waals surface area contributed by atoms with E-state index in [1.807, 2.05) is 19.2 Å². The van der Waals surface area contributed by atoms with Gasteiger partial charge < -0.3 is 4.98 Å². The van der Waals surface area contributed by atoms with Crippen molar-refractivity contribution in [3.63, 3.8) is 0 Å². The van der Waals surface area contributed by atoms with Gasteiger partial charge >= 0.3 is 0 Å². The molecule has 3 heteroatoms. The first-order valence-corrected chi connectivity index (χ1v) is 4.28. The topological polar surface area (TPSA) is 39.6 Å². The van der Waals surface area contributed by atoms with Crippen LogP contribution in [0.5, 0.6) is 0 Å². The molecule has 0 amide bonds. The Morgan fingerprint density at radius 2 is 2.31 bits per heavy atom. The molecular formula is C10H7ClN2.